The Morgan fingerprint density at radius 2 is 1.72 bits per heavy atom. The van der Waals surface area contributed by atoms with Gasteiger partial charge in [-0.25, -0.2) is 4.79 Å². The summed E-state index contributed by atoms with van der Waals surface area (Å²) in [5, 5.41) is 3.01. The van der Waals surface area contributed by atoms with Crippen LogP contribution >= 0.6 is 0 Å². The van der Waals surface area contributed by atoms with Crippen LogP contribution in [0.25, 0.3) is 0 Å². The molecule has 2 heterocycles. The van der Waals surface area contributed by atoms with Crippen molar-refractivity contribution in [1.82, 2.24) is 15.1 Å². The molecule has 2 aliphatic rings. The first-order valence-electron chi connectivity index (χ1n) is 9.54. The van der Waals surface area contributed by atoms with Crippen LogP contribution in [0.15, 0.2) is 0 Å². The molecule has 2 saturated heterocycles. The first-order chi connectivity index (χ1) is 11.6. The number of nitrogens with zero attached hydrogens (tertiary/aromatic N) is 2. The lowest BCUT2D eigenvalue weighted by Gasteiger charge is -2.36. The summed E-state index contributed by atoms with van der Waals surface area (Å²) in [4.78, 5) is 29.0. The molecule has 2 fully saturated rings. The van der Waals surface area contributed by atoms with Gasteiger partial charge in [0, 0.05) is 19.0 Å². The SMILES string of the molecule is CNC(C)C(=O)N1CC2C(C)C1CN2C(=O)OC(C)(C)CCC(C)C. The molecule has 6 nitrogen and oxygen atoms in total. The quantitative estimate of drug-likeness (QED) is 0.797. The fraction of sp³-hybridized carbons (Fsp3) is 0.895. The summed E-state index contributed by atoms with van der Waals surface area (Å²) < 4.78 is 5.81. The largest absolute Gasteiger partial charge is 0.443 e. The predicted molar refractivity (Wildman–Crippen MR) is 98.3 cm³/mol. The third kappa shape index (κ3) is 4.27. The van der Waals surface area contributed by atoms with E-state index in [1.165, 1.54) is 0 Å². The van der Waals surface area contributed by atoms with E-state index in [0.29, 0.717) is 24.9 Å². The molecule has 0 aliphatic carbocycles. The lowest BCUT2D eigenvalue weighted by Crippen LogP contribution is -2.54. The van der Waals surface area contributed by atoms with Crippen molar-refractivity contribution in [1.29, 1.82) is 0 Å². The van der Waals surface area contributed by atoms with Gasteiger partial charge in [-0.15, -0.1) is 0 Å². The van der Waals surface area contributed by atoms with Crippen LogP contribution in [0, 0.1) is 11.8 Å². The number of likely N-dealkylation sites (tertiary alicyclic amines) is 2. The number of ether oxygens (including phenoxy) is 1. The number of nitrogens with one attached hydrogen (secondary N) is 1. The lowest BCUT2D eigenvalue weighted by atomic mass is 9.97. The van der Waals surface area contributed by atoms with Gasteiger partial charge in [0.1, 0.15) is 5.60 Å². The van der Waals surface area contributed by atoms with E-state index in [0.717, 1.165) is 12.8 Å². The number of carbonyl (C=O) groups excluding carboxylic acids is 2. The topological polar surface area (TPSA) is 61.9 Å². The minimum absolute atomic E-state index is 0.0615. The van der Waals surface area contributed by atoms with Crippen LogP contribution in [0.3, 0.4) is 0 Å². The molecule has 0 aromatic heterocycles. The Morgan fingerprint density at radius 3 is 2.20 bits per heavy atom. The maximum absolute atomic E-state index is 12.7. The van der Waals surface area contributed by atoms with E-state index in [2.05, 4.69) is 26.1 Å². The molecule has 0 saturated carbocycles. The second-order valence-corrected chi connectivity index (χ2v) is 8.71. The zero-order chi connectivity index (χ0) is 18.9. The molecule has 2 amide bonds. The Labute approximate surface area is 152 Å². The van der Waals surface area contributed by atoms with Crippen molar-refractivity contribution in [3.8, 4) is 0 Å². The summed E-state index contributed by atoms with van der Waals surface area (Å²) in [5.74, 6) is 1.00. The van der Waals surface area contributed by atoms with E-state index in [-0.39, 0.29) is 30.1 Å². The molecule has 0 aromatic rings. The maximum Gasteiger partial charge on any atom is 0.410 e. The average Bonchev–Trinajstić information content (AvgIpc) is 3.03. The van der Waals surface area contributed by atoms with E-state index in [9.17, 15) is 9.59 Å². The van der Waals surface area contributed by atoms with Crippen LogP contribution in [-0.4, -0.2) is 65.7 Å². The van der Waals surface area contributed by atoms with Gasteiger partial charge in [-0.3, -0.25) is 4.79 Å². The molecule has 0 aromatic carbocycles. The van der Waals surface area contributed by atoms with Crippen molar-refractivity contribution < 1.29 is 14.3 Å². The van der Waals surface area contributed by atoms with Crippen molar-refractivity contribution in [3.63, 3.8) is 0 Å². The number of rotatable bonds is 6. The van der Waals surface area contributed by atoms with Gasteiger partial charge >= 0.3 is 6.09 Å². The van der Waals surface area contributed by atoms with Crippen molar-refractivity contribution in [2.24, 2.45) is 11.8 Å². The predicted octanol–water partition coefficient (Wildman–Crippen LogP) is 2.48. The number of amides is 2. The Balaban J connectivity index is 1.96. The number of carbonyl (C=O) groups is 2. The number of likely N-dealkylation sites (N-methyl/N-ethyl adjacent to an activating group) is 1. The molecule has 6 heteroatoms. The molecule has 2 bridgehead atoms. The Bertz CT molecular complexity index is 506. The molecule has 25 heavy (non-hydrogen) atoms. The monoisotopic (exact) mass is 353 g/mol. The van der Waals surface area contributed by atoms with Gasteiger partial charge in [0.2, 0.25) is 5.91 Å². The second kappa shape index (κ2) is 7.52. The van der Waals surface area contributed by atoms with Gasteiger partial charge < -0.3 is 19.9 Å². The van der Waals surface area contributed by atoms with E-state index in [4.69, 9.17) is 4.74 Å². The van der Waals surface area contributed by atoms with Gasteiger partial charge in [0.05, 0.1) is 18.1 Å². The van der Waals surface area contributed by atoms with Gasteiger partial charge in [-0.1, -0.05) is 20.8 Å². The molecule has 2 rings (SSSR count). The standard InChI is InChI=1S/C19H35N3O3/c1-12(2)8-9-19(5,6)25-18(24)22-11-15-13(3)16(22)10-21(15)17(23)14(4)20-7/h12-16,20H,8-11H2,1-7H3. The van der Waals surface area contributed by atoms with Gasteiger partial charge in [0.15, 0.2) is 0 Å². The summed E-state index contributed by atoms with van der Waals surface area (Å²) >= 11 is 0. The normalized spacial score (nSPS) is 27.1. The Hall–Kier alpha value is -1.30. The van der Waals surface area contributed by atoms with Crippen LogP contribution in [0.1, 0.15) is 54.4 Å². The summed E-state index contributed by atoms with van der Waals surface area (Å²) in [6, 6.07) is -0.0343. The number of piperazine rings is 1. The third-order valence-electron chi connectivity index (χ3n) is 5.79. The van der Waals surface area contributed by atoms with Crippen molar-refractivity contribution in [3.05, 3.63) is 0 Å². The van der Waals surface area contributed by atoms with Gasteiger partial charge in [-0.05, 0) is 46.6 Å². The van der Waals surface area contributed by atoms with Crippen LogP contribution in [-0.2, 0) is 9.53 Å². The van der Waals surface area contributed by atoms with Crippen LogP contribution in [0.5, 0.6) is 0 Å². The average molecular weight is 354 g/mol. The molecule has 1 N–H and O–H groups in total. The number of fused-ring (bicyclic) bond motifs is 2. The van der Waals surface area contributed by atoms with Crippen molar-refractivity contribution >= 4 is 12.0 Å². The summed E-state index contributed by atoms with van der Waals surface area (Å²) in [6.07, 6.45) is 1.66. The summed E-state index contributed by atoms with van der Waals surface area (Å²) in [5.41, 5.74) is -0.456. The summed E-state index contributed by atoms with van der Waals surface area (Å²) in [7, 11) is 1.79. The number of hydrogen-bond acceptors (Lipinski definition) is 4. The zero-order valence-electron chi connectivity index (χ0n) is 16.8. The molecule has 0 spiro atoms. The minimum atomic E-state index is -0.456. The number of hydrogen-bond donors (Lipinski definition) is 1. The highest BCUT2D eigenvalue weighted by Crippen LogP contribution is 2.37. The lowest BCUT2D eigenvalue weighted by molar-refractivity contribution is -0.135. The fourth-order valence-electron chi connectivity index (χ4n) is 3.85. The van der Waals surface area contributed by atoms with E-state index in [1.54, 1.807) is 7.05 Å². The molecular weight excluding hydrogens is 318 g/mol. The Morgan fingerprint density at radius 1 is 1.16 bits per heavy atom. The zero-order valence-corrected chi connectivity index (χ0v) is 16.8. The van der Waals surface area contributed by atoms with Crippen LogP contribution in [0.2, 0.25) is 0 Å². The first kappa shape index (κ1) is 20.0. The van der Waals surface area contributed by atoms with E-state index < -0.39 is 5.60 Å². The van der Waals surface area contributed by atoms with Crippen molar-refractivity contribution in [2.75, 3.05) is 20.1 Å². The molecule has 4 atom stereocenters. The maximum atomic E-state index is 12.7. The van der Waals surface area contributed by atoms with Gasteiger partial charge in [0.25, 0.3) is 0 Å². The van der Waals surface area contributed by atoms with Crippen LogP contribution < -0.4 is 5.32 Å². The molecule has 4 unspecified atom stereocenters. The van der Waals surface area contributed by atoms with E-state index >= 15 is 0 Å². The molecular formula is C19H35N3O3. The fourth-order valence-corrected chi connectivity index (χ4v) is 3.85. The minimum Gasteiger partial charge on any atom is -0.443 e. The molecule has 2 aliphatic heterocycles. The van der Waals surface area contributed by atoms with E-state index in [1.807, 2.05) is 30.6 Å². The first-order valence-corrected chi connectivity index (χ1v) is 9.54. The highest BCUT2D eigenvalue weighted by Gasteiger charge is 2.53. The highest BCUT2D eigenvalue weighted by atomic mass is 16.6. The third-order valence-corrected chi connectivity index (χ3v) is 5.79. The Kier molecular flexibility index (Phi) is 6.02. The van der Waals surface area contributed by atoms with Crippen molar-refractivity contribution in [2.45, 2.75) is 78.1 Å². The highest BCUT2D eigenvalue weighted by molar-refractivity contribution is 5.83. The van der Waals surface area contributed by atoms with Gasteiger partial charge in [-0.2, -0.15) is 0 Å². The second-order valence-electron chi connectivity index (χ2n) is 8.71. The summed E-state index contributed by atoms with van der Waals surface area (Å²) in [6.45, 7) is 13.5. The molecule has 144 valence electrons. The molecule has 0 radical (unpaired) electrons. The van der Waals surface area contributed by atoms with Crippen LogP contribution in [0.4, 0.5) is 4.79 Å². The smallest absolute Gasteiger partial charge is 0.410 e.